The largest absolute Gasteiger partial charge is 0.379 e. The monoisotopic (exact) mass is 540 g/mol. The number of para-hydroxylation sites is 2. The smallest absolute Gasteiger partial charge is 0.339 e. The van der Waals surface area contributed by atoms with Gasteiger partial charge in [0, 0.05) is 5.56 Å². The standard InChI is InChI=1S/C30H24N2O6S/c33-29-26-27(24-18-10-11-19-25(24)38-39(35,36)23-16-8-3-9-17-23)32(22-14-6-2-7-15-22)37-28(26)30(34)31(29)20-21-12-4-1-5-13-21/h1-19,26-28H,20H2/t26-,27+,28-/m0/s1. The van der Waals surface area contributed by atoms with Gasteiger partial charge in [0.2, 0.25) is 5.91 Å². The highest BCUT2D eigenvalue weighted by Gasteiger charge is 2.60. The molecule has 4 aromatic rings. The van der Waals surface area contributed by atoms with Gasteiger partial charge in [-0.2, -0.15) is 8.42 Å². The zero-order valence-electron chi connectivity index (χ0n) is 20.7. The van der Waals surface area contributed by atoms with Gasteiger partial charge in [-0.1, -0.05) is 84.9 Å². The molecule has 0 aromatic heterocycles. The molecule has 0 saturated carbocycles. The fourth-order valence-corrected chi connectivity index (χ4v) is 6.04. The number of hydroxylamine groups is 1. The third-order valence-electron chi connectivity index (χ3n) is 6.87. The Labute approximate surface area is 226 Å². The molecule has 2 aliphatic heterocycles. The van der Waals surface area contributed by atoms with E-state index in [4.69, 9.17) is 9.02 Å². The summed E-state index contributed by atoms with van der Waals surface area (Å²) in [6.45, 7) is 0.119. The molecule has 2 amide bonds. The summed E-state index contributed by atoms with van der Waals surface area (Å²) < 4.78 is 31.9. The zero-order chi connectivity index (χ0) is 27.0. The molecule has 0 bridgehead atoms. The van der Waals surface area contributed by atoms with E-state index in [1.54, 1.807) is 48.5 Å². The first-order chi connectivity index (χ1) is 18.9. The van der Waals surface area contributed by atoms with Gasteiger partial charge in [0.05, 0.1) is 18.3 Å². The van der Waals surface area contributed by atoms with E-state index >= 15 is 0 Å². The molecule has 0 spiro atoms. The summed E-state index contributed by atoms with van der Waals surface area (Å²) in [4.78, 5) is 34.7. The number of likely N-dealkylation sites (tertiary alicyclic amines) is 1. The third-order valence-corrected chi connectivity index (χ3v) is 8.12. The summed E-state index contributed by atoms with van der Waals surface area (Å²) in [6, 6.07) is 32.0. The number of anilines is 1. The Morgan fingerprint density at radius 3 is 2.00 bits per heavy atom. The van der Waals surface area contributed by atoms with Crippen LogP contribution in [0.3, 0.4) is 0 Å². The van der Waals surface area contributed by atoms with Crippen molar-refractivity contribution in [2.45, 2.75) is 23.6 Å². The number of carbonyl (C=O) groups excluding carboxylic acids is 2. The molecule has 0 N–H and O–H groups in total. The van der Waals surface area contributed by atoms with Crippen LogP contribution in [0.1, 0.15) is 17.2 Å². The lowest BCUT2D eigenvalue weighted by Crippen LogP contribution is -2.37. The predicted octanol–water partition coefficient (Wildman–Crippen LogP) is 4.50. The van der Waals surface area contributed by atoms with E-state index < -0.39 is 40.0 Å². The molecule has 0 radical (unpaired) electrons. The Morgan fingerprint density at radius 2 is 1.31 bits per heavy atom. The van der Waals surface area contributed by atoms with Gasteiger partial charge in [-0.05, 0) is 35.9 Å². The quantitative estimate of drug-likeness (QED) is 0.252. The maximum absolute atomic E-state index is 13.8. The highest BCUT2D eigenvalue weighted by atomic mass is 32.2. The molecule has 0 aliphatic carbocycles. The maximum Gasteiger partial charge on any atom is 0.339 e. The van der Waals surface area contributed by atoms with E-state index in [2.05, 4.69) is 0 Å². The Balaban J connectivity index is 1.41. The second kappa shape index (κ2) is 10.0. The average molecular weight is 541 g/mol. The predicted molar refractivity (Wildman–Crippen MR) is 143 cm³/mol. The number of nitrogens with zero attached hydrogens (tertiary/aromatic N) is 2. The molecular weight excluding hydrogens is 516 g/mol. The Hall–Kier alpha value is -4.47. The average Bonchev–Trinajstić information content (AvgIpc) is 3.46. The number of carbonyl (C=O) groups is 2. The van der Waals surface area contributed by atoms with Gasteiger partial charge in [-0.15, -0.1) is 0 Å². The van der Waals surface area contributed by atoms with Crippen molar-refractivity contribution in [2.75, 3.05) is 5.06 Å². The van der Waals surface area contributed by atoms with Crippen LogP contribution in [0.25, 0.3) is 0 Å². The first kappa shape index (κ1) is 24.8. The van der Waals surface area contributed by atoms with Gasteiger partial charge in [0.1, 0.15) is 16.6 Å². The van der Waals surface area contributed by atoms with Crippen molar-refractivity contribution in [3.63, 3.8) is 0 Å². The van der Waals surface area contributed by atoms with Gasteiger partial charge in [-0.25, -0.2) is 5.06 Å². The van der Waals surface area contributed by atoms with Crippen molar-refractivity contribution < 1.29 is 27.0 Å². The fourth-order valence-electron chi connectivity index (χ4n) is 5.06. The first-order valence-corrected chi connectivity index (χ1v) is 13.8. The minimum Gasteiger partial charge on any atom is -0.379 e. The van der Waals surface area contributed by atoms with Crippen LogP contribution in [0.4, 0.5) is 5.69 Å². The minimum atomic E-state index is -4.17. The van der Waals surface area contributed by atoms with Gasteiger partial charge < -0.3 is 4.18 Å². The second-order valence-electron chi connectivity index (χ2n) is 9.29. The Morgan fingerprint density at radius 1 is 0.718 bits per heavy atom. The molecule has 196 valence electrons. The van der Waals surface area contributed by atoms with Gasteiger partial charge in [-0.3, -0.25) is 19.3 Å². The zero-order valence-corrected chi connectivity index (χ0v) is 21.5. The second-order valence-corrected chi connectivity index (χ2v) is 10.8. The van der Waals surface area contributed by atoms with Crippen molar-refractivity contribution in [1.29, 1.82) is 0 Å². The Kier molecular flexibility index (Phi) is 6.38. The van der Waals surface area contributed by atoms with Crippen LogP contribution >= 0.6 is 0 Å². The SMILES string of the molecule is O=C1[C@@H]2[C@H](ON(c3ccccc3)[C@@H]2c2ccccc2OS(=O)(=O)c2ccccc2)C(=O)N1Cc1ccccc1. The molecule has 2 heterocycles. The normalized spacial score (nSPS) is 20.8. The van der Waals surface area contributed by atoms with Crippen LogP contribution in [0, 0.1) is 5.92 Å². The van der Waals surface area contributed by atoms with Crippen molar-refractivity contribution in [1.82, 2.24) is 4.90 Å². The van der Waals surface area contributed by atoms with Crippen LogP contribution in [0.15, 0.2) is 120 Å². The molecule has 2 fully saturated rings. The first-order valence-electron chi connectivity index (χ1n) is 12.4. The number of amides is 2. The van der Waals surface area contributed by atoms with Crippen LogP contribution < -0.4 is 9.25 Å². The molecule has 6 rings (SSSR count). The van der Waals surface area contributed by atoms with E-state index in [1.165, 1.54) is 28.2 Å². The molecule has 0 unspecified atom stereocenters. The van der Waals surface area contributed by atoms with E-state index in [-0.39, 0.29) is 17.2 Å². The van der Waals surface area contributed by atoms with E-state index in [0.717, 1.165) is 5.56 Å². The van der Waals surface area contributed by atoms with E-state index in [9.17, 15) is 18.0 Å². The third kappa shape index (κ3) is 4.56. The molecule has 3 atom stereocenters. The highest BCUT2D eigenvalue weighted by molar-refractivity contribution is 7.87. The molecule has 4 aromatic carbocycles. The van der Waals surface area contributed by atoms with Gasteiger partial charge in [0.15, 0.2) is 6.10 Å². The summed E-state index contributed by atoms with van der Waals surface area (Å²) in [5.74, 6) is -1.69. The number of hydrogen-bond acceptors (Lipinski definition) is 7. The maximum atomic E-state index is 13.8. The van der Waals surface area contributed by atoms with Crippen molar-refractivity contribution in [2.24, 2.45) is 5.92 Å². The summed E-state index contributed by atoms with van der Waals surface area (Å²) in [7, 11) is -4.17. The van der Waals surface area contributed by atoms with Crippen molar-refractivity contribution in [3.05, 3.63) is 126 Å². The van der Waals surface area contributed by atoms with Crippen LogP contribution in [0.2, 0.25) is 0 Å². The topological polar surface area (TPSA) is 93.2 Å². The number of hydrogen-bond donors (Lipinski definition) is 0. The van der Waals surface area contributed by atoms with E-state index in [1.807, 2.05) is 48.5 Å². The lowest BCUT2D eigenvalue weighted by atomic mass is 9.90. The summed E-state index contributed by atoms with van der Waals surface area (Å²) in [5.41, 5.74) is 1.84. The molecular formula is C30H24N2O6S. The van der Waals surface area contributed by atoms with Crippen molar-refractivity contribution in [3.8, 4) is 5.75 Å². The van der Waals surface area contributed by atoms with Crippen LogP contribution in [0.5, 0.6) is 5.75 Å². The molecule has 8 nitrogen and oxygen atoms in total. The highest BCUT2D eigenvalue weighted by Crippen LogP contribution is 2.49. The minimum absolute atomic E-state index is 0.00132. The van der Waals surface area contributed by atoms with Crippen molar-refractivity contribution >= 4 is 27.6 Å². The summed E-state index contributed by atoms with van der Waals surface area (Å²) in [5, 5.41) is 1.52. The number of imide groups is 1. The Bertz CT molecular complexity index is 1610. The summed E-state index contributed by atoms with van der Waals surface area (Å²) in [6.07, 6.45) is -1.06. The number of rotatable bonds is 7. The summed E-state index contributed by atoms with van der Waals surface area (Å²) >= 11 is 0. The lowest BCUT2D eigenvalue weighted by molar-refractivity contribution is -0.143. The number of benzene rings is 4. The lowest BCUT2D eigenvalue weighted by Gasteiger charge is -2.29. The van der Waals surface area contributed by atoms with Crippen LogP contribution in [-0.2, 0) is 31.1 Å². The molecule has 2 aliphatic rings. The van der Waals surface area contributed by atoms with Crippen LogP contribution in [-0.4, -0.2) is 31.2 Å². The van der Waals surface area contributed by atoms with Gasteiger partial charge in [0.25, 0.3) is 5.91 Å². The van der Waals surface area contributed by atoms with Gasteiger partial charge >= 0.3 is 10.1 Å². The van der Waals surface area contributed by atoms with E-state index in [0.29, 0.717) is 11.3 Å². The number of fused-ring (bicyclic) bond motifs is 1. The molecule has 39 heavy (non-hydrogen) atoms. The molecule has 9 heteroatoms. The fraction of sp³-hybridized carbons (Fsp3) is 0.133. The molecule has 2 saturated heterocycles.